The van der Waals surface area contributed by atoms with Crippen molar-refractivity contribution in [3.63, 3.8) is 0 Å². The van der Waals surface area contributed by atoms with Crippen LogP contribution < -0.4 is 5.32 Å². The van der Waals surface area contributed by atoms with Crippen LogP contribution in [0.3, 0.4) is 0 Å². The van der Waals surface area contributed by atoms with Gasteiger partial charge in [-0.1, -0.05) is 56.0 Å². The SMILES string of the molecule is CCCCCCc1ccc(Nc2ccc(C)cc2)cc1. The van der Waals surface area contributed by atoms with Crippen LogP contribution in [0.4, 0.5) is 11.4 Å². The van der Waals surface area contributed by atoms with Crippen LogP contribution in [0.15, 0.2) is 48.5 Å². The molecule has 0 aromatic heterocycles. The van der Waals surface area contributed by atoms with E-state index in [4.69, 9.17) is 0 Å². The van der Waals surface area contributed by atoms with Gasteiger partial charge in [-0.2, -0.15) is 0 Å². The molecule has 1 heteroatoms. The smallest absolute Gasteiger partial charge is 0.0384 e. The Hall–Kier alpha value is -1.76. The first-order valence-electron chi connectivity index (χ1n) is 7.70. The summed E-state index contributed by atoms with van der Waals surface area (Å²) in [6.07, 6.45) is 6.51. The lowest BCUT2D eigenvalue weighted by Gasteiger charge is -2.08. The minimum Gasteiger partial charge on any atom is -0.356 e. The summed E-state index contributed by atoms with van der Waals surface area (Å²) in [5, 5.41) is 3.43. The summed E-state index contributed by atoms with van der Waals surface area (Å²) < 4.78 is 0. The summed E-state index contributed by atoms with van der Waals surface area (Å²) in [6, 6.07) is 17.3. The molecule has 0 saturated heterocycles. The zero-order valence-corrected chi connectivity index (χ0v) is 12.7. The molecule has 0 aliphatic carbocycles. The Morgan fingerprint density at radius 3 is 1.95 bits per heavy atom. The molecule has 0 heterocycles. The Labute approximate surface area is 123 Å². The van der Waals surface area contributed by atoms with Gasteiger partial charge in [0, 0.05) is 11.4 Å². The summed E-state index contributed by atoms with van der Waals surface area (Å²) in [5.74, 6) is 0. The fraction of sp³-hybridized carbons (Fsp3) is 0.368. The first-order chi connectivity index (χ1) is 9.78. The number of hydrogen-bond donors (Lipinski definition) is 1. The van der Waals surface area contributed by atoms with Crippen molar-refractivity contribution in [2.45, 2.75) is 46.0 Å². The van der Waals surface area contributed by atoms with Crippen LogP contribution in [0.2, 0.25) is 0 Å². The molecule has 1 nitrogen and oxygen atoms in total. The third kappa shape index (κ3) is 4.73. The van der Waals surface area contributed by atoms with Gasteiger partial charge in [0.25, 0.3) is 0 Å². The number of aryl methyl sites for hydroxylation is 2. The monoisotopic (exact) mass is 267 g/mol. The molecule has 0 aliphatic heterocycles. The van der Waals surface area contributed by atoms with Crippen molar-refractivity contribution in [1.29, 1.82) is 0 Å². The average molecular weight is 267 g/mol. The Morgan fingerprint density at radius 2 is 1.35 bits per heavy atom. The summed E-state index contributed by atoms with van der Waals surface area (Å²) in [6.45, 7) is 4.36. The van der Waals surface area contributed by atoms with E-state index >= 15 is 0 Å². The van der Waals surface area contributed by atoms with Crippen molar-refractivity contribution < 1.29 is 0 Å². The highest BCUT2D eigenvalue weighted by Gasteiger charge is 1.97. The largest absolute Gasteiger partial charge is 0.356 e. The molecule has 2 aromatic rings. The van der Waals surface area contributed by atoms with Gasteiger partial charge in [0.2, 0.25) is 0 Å². The zero-order valence-electron chi connectivity index (χ0n) is 12.7. The molecular formula is C19H25N. The fourth-order valence-electron chi connectivity index (χ4n) is 2.31. The van der Waals surface area contributed by atoms with E-state index < -0.39 is 0 Å². The van der Waals surface area contributed by atoms with Crippen LogP contribution in [0.5, 0.6) is 0 Å². The molecule has 0 saturated carbocycles. The Bertz CT molecular complexity index is 496. The molecule has 0 fully saturated rings. The molecule has 0 spiro atoms. The molecule has 0 amide bonds. The standard InChI is InChI=1S/C19H25N/c1-3-4-5-6-7-17-10-14-19(15-11-17)20-18-12-8-16(2)9-13-18/h8-15,20H,3-7H2,1-2H3. The van der Waals surface area contributed by atoms with E-state index in [1.54, 1.807) is 0 Å². The van der Waals surface area contributed by atoms with Crippen LogP contribution in [0, 0.1) is 6.92 Å². The van der Waals surface area contributed by atoms with Gasteiger partial charge >= 0.3 is 0 Å². The van der Waals surface area contributed by atoms with E-state index in [2.05, 4.69) is 67.7 Å². The number of anilines is 2. The van der Waals surface area contributed by atoms with Crippen LogP contribution in [-0.4, -0.2) is 0 Å². The van der Waals surface area contributed by atoms with E-state index in [0.717, 1.165) is 11.4 Å². The summed E-state index contributed by atoms with van der Waals surface area (Å²) in [7, 11) is 0. The quantitative estimate of drug-likeness (QED) is 0.619. The van der Waals surface area contributed by atoms with Gasteiger partial charge < -0.3 is 5.32 Å². The second kappa shape index (κ2) is 7.74. The summed E-state index contributed by atoms with van der Waals surface area (Å²) in [4.78, 5) is 0. The van der Waals surface area contributed by atoms with Gasteiger partial charge in [-0.3, -0.25) is 0 Å². The maximum atomic E-state index is 3.43. The molecule has 0 unspecified atom stereocenters. The molecule has 20 heavy (non-hydrogen) atoms. The number of hydrogen-bond acceptors (Lipinski definition) is 1. The highest BCUT2D eigenvalue weighted by atomic mass is 14.9. The van der Waals surface area contributed by atoms with Gasteiger partial charge in [-0.25, -0.2) is 0 Å². The van der Waals surface area contributed by atoms with E-state index in [-0.39, 0.29) is 0 Å². The first kappa shape index (κ1) is 14.6. The molecule has 0 radical (unpaired) electrons. The van der Waals surface area contributed by atoms with Crippen molar-refractivity contribution in [2.24, 2.45) is 0 Å². The lowest BCUT2D eigenvalue weighted by Crippen LogP contribution is -1.91. The maximum absolute atomic E-state index is 3.43. The van der Waals surface area contributed by atoms with Crippen molar-refractivity contribution >= 4 is 11.4 Å². The lowest BCUT2D eigenvalue weighted by atomic mass is 10.1. The van der Waals surface area contributed by atoms with Crippen LogP contribution >= 0.6 is 0 Å². The summed E-state index contributed by atoms with van der Waals surface area (Å²) >= 11 is 0. The summed E-state index contributed by atoms with van der Waals surface area (Å²) in [5.41, 5.74) is 5.03. The molecule has 2 aromatic carbocycles. The lowest BCUT2D eigenvalue weighted by molar-refractivity contribution is 0.667. The molecule has 0 atom stereocenters. The van der Waals surface area contributed by atoms with Crippen LogP contribution in [0.1, 0.15) is 43.7 Å². The van der Waals surface area contributed by atoms with E-state index in [1.807, 2.05) is 0 Å². The molecule has 1 N–H and O–H groups in total. The maximum Gasteiger partial charge on any atom is 0.0384 e. The number of unbranched alkanes of at least 4 members (excludes halogenated alkanes) is 3. The predicted molar refractivity (Wildman–Crippen MR) is 88.7 cm³/mol. The van der Waals surface area contributed by atoms with E-state index in [9.17, 15) is 0 Å². The third-order valence-corrected chi connectivity index (χ3v) is 3.61. The highest BCUT2D eigenvalue weighted by molar-refractivity contribution is 5.59. The van der Waals surface area contributed by atoms with E-state index in [1.165, 1.54) is 43.2 Å². The number of benzene rings is 2. The Morgan fingerprint density at radius 1 is 0.750 bits per heavy atom. The topological polar surface area (TPSA) is 12.0 Å². The Balaban J connectivity index is 1.86. The zero-order chi connectivity index (χ0) is 14.2. The molecule has 106 valence electrons. The van der Waals surface area contributed by atoms with Crippen molar-refractivity contribution in [1.82, 2.24) is 0 Å². The van der Waals surface area contributed by atoms with Crippen LogP contribution in [0.25, 0.3) is 0 Å². The van der Waals surface area contributed by atoms with Crippen molar-refractivity contribution in [3.8, 4) is 0 Å². The highest BCUT2D eigenvalue weighted by Crippen LogP contribution is 2.18. The van der Waals surface area contributed by atoms with Gasteiger partial charge in [0.15, 0.2) is 0 Å². The van der Waals surface area contributed by atoms with Gasteiger partial charge in [-0.15, -0.1) is 0 Å². The second-order valence-electron chi connectivity index (χ2n) is 5.50. The Kier molecular flexibility index (Phi) is 5.67. The van der Waals surface area contributed by atoms with Crippen LogP contribution in [-0.2, 0) is 6.42 Å². The van der Waals surface area contributed by atoms with Gasteiger partial charge in [0.1, 0.15) is 0 Å². The first-order valence-corrected chi connectivity index (χ1v) is 7.70. The minimum atomic E-state index is 1.14. The van der Waals surface area contributed by atoms with Gasteiger partial charge in [0.05, 0.1) is 0 Å². The normalized spacial score (nSPS) is 10.5. The number of nitrogens with one attached hydrogen (secondary N) is 1. The molecule has 0 aliphatic rings. The minimum absolute atomic E-state index is 1.14. The third-order valence-electron chi connectivity index (χ3n) is 3.61. The molecular weight excluding hydrogens is 242 g/mol. The fourth-order valence-corrected chi connectivity index (χ4v) is 2.31. The van der Waals surface area contributed by atoms with E-state index in [0.29, 0.717) is 0 Å². The number of rotatable bonds is 7. The second-order valence-corrected chi connectivity index (χ2v) is 5.50. The van der Waals surface area contributed by atoms with Gasteiger partial charge in [-0.05, 0) is 49.6 Å². The molecule has 0 bridgehead atoms. The average Bonchev–Trinajstić information content (AvgIpc) is 2.48. The predicted octanol–water partition coefficient (Wildman–Crippen LogP) is 5.86. The molecule has 2 rings (SSSR count). The van der Waals surface area contributed by atoms with Crippen molar-refractivity contribution in [2.75, 3.05) is 5.32 Å². The van der Waals surface area contributed by atoms with Crippen molar-refractivity contribution in [3.05, 3.63) is 59.7 Å².